The lowest BCUT2D eigenvalue weighted by Crippen LogP contribution is -2.22. The summed E-state index contributed by atoms with van der Waals surface area (Å²) in [6, 6.07) is 0. The van der Waals surface area contributed by atoms with E-state index in [4.69, 9.17) is 0 Å². The van der Waals surface area contributed by atoms with E-state index in [1.807, 2.05) is 18.7 Å². The lowest BCUT2D eigenvalue weighted by atomic mass is 10.2. The predicted molar refractivity (Wildman–Crippen MR) is 65.6 cm³/mol. The summed E-state index contributed by atoms with van der Waals surface area (Å²) in [6.45, 7) is 3.87. The Bertz CT molecular complexity index is 378. The highest BCUT2D eigenvalue weighted by Gasteiger charge is 2.06. The molecule has 16 heavy (non-hydrogen) atoms. The Kier molecular flexibility index (Phi) is 3.59. The van der Waals surface area contributed by atoms with E-state index in [9.17, 15) is 0 Å². The maximum absolute atomic E-state index is 4.55. The van der Waals surface area contributed by atoms with Gasteiger partial charge in [0.2, 0.25) is 0 Å². The number of hydrogen-bond donors (Lipinski definition) is 1. The van der Waals surface area contributed by atoms with Crippen molar-refractivity contribution in [1.29, 1.82) is 0 Å². The van der Waals surface area contributed by atoms with Crippen LogP contribution in [-0.4, -0.2) is 22.2 Å². The Morgan fingerprint density at radius 1 is 1.38 bits per heavy atom. The molecule has 2 heterocycles. The first-order valence-electron chi connectivity index (χ1n) is 6.02. The molecule has 0 amide bonds. The van der Waals surface area contributed by atoms with Crippen LogP contribution in [0.1, 0.15) is 36.9 Å². The number of aryl methyl sites for hydroxylation is 2. The van der Waals surface area contributed by atoms with Gasteiger partial charge < -0.3 is 5.32 Å². The average Bonchev–Trinajstić information content (AvgIpc) is 2.48. The van der Waals surface area contributed by atoms with Crippen LogP contribution in [0.3, 0.4) is 0 Å². The Hall–Kier alpha value is -1.32. The molecule has 1 aromatic heterocycles. The van der Waals surface area contributed by atoms with Crippen LogP contribution in [0.25, 0.3) is 0 Å². The first kappa shape index (κ1) is 11.2. The van der Waals surface area contributed by atoms with Gasteiger partial charge in [0.25, 0.3) is 0 Å². The van der Waals surface area contributed by atoms with Gasteiger partial charge in [-0.1, -0.05) is 6.42 Å². The third-order valence-electron chi connectivity index (χ3n) is 2.97. The summed E-state index contributed by atoms with van der Waals surface area (Å²) in [5.41, 5.74) is 2.36. The summed E-state index contributed by atoms with van der Waals surface area (Å²) >= 11 is 0. The number of rotatable bonds is 2. The van der Waals surface area contributed by atoms with E-state index in [2.05, 4.69) is 21.6 Å². The van der Waals surface area contributed by atoms with Crippen LogP contribution < -0.4 is 5.32 Å². The van der Waals surface area contributed by atoms with Crippen molar-refractivity contribution in [2.24, 2.45) is 12.0 Å². The average molecular weight is 220 g/mol. The van der Waals surface area contributed by atoms with Gasteiger partial charge in [-0.05, 0) is 19.8 Å². The number of aliphatic imine (C=N–C) groups is 1. The van der Waals surface area contributed by atoms with E-state index in [1.54, 1.807) is 0 Å². The molecule has 0 fully saturated rings. The zero-order valence-electron chi connectivity index (χ0n) is 10.2. The molecule has 1 N–H and O–H groups in total. The van der Waals surface area contributed by atoms with Gasteiger partial charge in [-0.15, -0.1) is 0 Å². The fraction of sp³-hybridized carbons (Fsp3) is 0.667. The Balaban J connectivity index is 1.91. The van der Waals surface area contributed by atoms with Gasteiger partial charge >= 0.3 is 0 Å². The van der Waals surface area contributed by atoms with Gasteiger partial charge in [-0.25, -0.2) is 0 Å². The first-order valence-corrected chi connectivity index (χ1v) is 6.02. The summed E-state index contributed by atoms with van der Waals surface area (Å²) in [5.74, 6) is 1.17. The van der Waals surface area contributed by atoms with Crippen LogP contribution in [0.4, 0.5) is 0 Å². The molecular formula is C12H20N4. The van der Waals surface area contributed by atoms with Crippen molar-refractivity contribution in [2.45, 2.75) is 39.2 Å². The van der Waals surface area contributed by atoms with E-state index in [1.165, 1.54) is 30.7 Å². The number of hydrogen-bond acceptors (Lipinski definition) is 3. The Morgan fingerprint density at radius 2 is 2.25 bits per heavy atom. The molecule has 1 aliphatic rings. The minimum absolute atomic E-state index is 0.846. The molecule has 4 heteroatoms. The van der Waals surface area contributed by atoms with Crippen molar-refractivity contribution in [3.05, 3.63) is 17.5 Å². The fourth-order valence-corrected chi connectivity index (χ4v) is 2.04. The molecule has 4 nitrogen and oxygen atoms in total. The molecule has 0 unspecified atom stereocenters. The summed E-state index contributed by atoms with van der Waals surface area (Å²) in [4.78, 5) is 4.55. The Labute approximate surface area is 96.8 Å². The number of nitrogens with zero attached hydrogens (tertiary/aromatic N) is 3. The summed E-state index contributed by atoms with van der Waals surface area (Å²) in [5, 5.41) is 7.76. The van der Waals surface area contributed by atoms with Crippen molar-refractivity contribution in [2.75, 3.05) is 6.54 Å². The maximum Gasteiger partial charge on any atom is 0.0965 e. The second-order valence-electron chi connectivity index (χ2n) is 4.41. The molecule has 0 bridgehead atoms. The summed E-state index contributed by atoms with van der Waals surface area (Å²) in [7, 11) is 1.96. The van der Waals surface area contributed by atoms with Crippen molar-refractivity contribution < 1.29 is 0 Å². The minimum atomic E-state index is 0.846. The third kappa shape index (κ3) is 2.84. The standard InChI is InChI=1S/C12H20N4/c1-10-11(9-16(2)15-10)8-14-12-6-4-3-5-7-13-12/h9H,3-8H2,1-2H3,(H,13,14). The van der Waals surface area contributed by atoms with E-state index in [0.717, 1.165) is 25.2 Å². The zero-order valence-corrected chi connectivity index (χ0v) is 10.2. The number of aromatic nitrogens is 2. The fourth-order valence-electron chi connectivity index (χ4n) is 2.04. The smallest absolute Gasteiger partial charge is 0.0965 e. The van der Waals surface area contributed by atoms with Crippen LogP contribution in [0, 0.1) is 6.92 Å². The van der Waals surface area contributed by atoms with Crippen molar-refractivity contribution >= 4 is 5.84 Å². The zero-order chi connectivity index (χ0) is 11.4. The van der Waals surface area contributed by atoms with Crippen molar-refractivity contribution in [3.8, 4) is 0 Å². The van der Waals surface area contributed by atoms with Crippen molar-refractivity contribution in [1.82, 2.24) is 15.1 Å². The van der Waals surface area contributed by atoms with E-state index in [0.29, 0.717) is 0 Å². The highest BCUT2D eigenvalue weighted by Crippen LogP contribution is 2.08. The summed E-state index contributed by atoms with van der Waals surface area (Å²) < 4.78 is 1.86. The van der Waals surface area contributed by atoms with Crippen LogP contribution >= 0.6 is 0 Å². The molecule has 1 aliphatic heterocycles. The number of amidine groups is 1. The maximum atomic E-state index is 4.55. The third-order valence-corrected chi connectivity index (χ3v) is 2.97. The molecular weight excluding hydrogens is 200 g/mol. The van der Waals surface area contributed by atoms with Crippen LogP contribution in [0.5, 0.6) is 0 Å². The van der Waals surface area contributed by atoms with Gasteiger partial charge in [-0.3, -0.25) is 9.67 Å². The molecule has 0 aromatic carbocycles. The second kappa shape index (κ2) is 5.14. The minimum Gasteiger partial charge on any atom is -0.370 e. The molecule has 0 saturated heterocycles. The van der Waals surface area contributed by atoms with Crippen LogP contribution in [0.15, 0.2) is 11.2 Å². The lowest BCUT2D eigenvalue weighted by Gasteiger charge is -2.07. The van der Waals surface area contributed by atoms with E-state index in [-0.39, 0.29) is 0 Å². The molecule has 0 radical (unpaired) electrons. The molecule has 0 spiro atoms. The van der Waals surface area contributed by atoms with Crippen molar-refractivity contribution in [3.63, 3.8) is 0 Å². The molecule has 1 aromatic rings. The quantitative estimate of drug-likeness (QED) is 0.825. The van der Waals surface area contributed by atoms with E-state index < -0.39 is 0 Å². The Morgan fingerprint density at radius 3 is 3.00 bits per heavy atom. The van der Waals surface area contributed by atoms with Gasteiger partial charge in [-0.2, -0.15) is 5.10 Å². The molecule has 0 aliphatic carbocycles. The highest BCUT2D eigenvalue weighted by molar-refractivity contribution is 5.82. The normalized spacial score (nSPS) is 16.8. The van der Waals surface area contributed by atoms with Gasteiger partial charge in [0.1, 0.15) is 0 Å². The van der Waals surface area contributed by atoms with E-state index >= 15 is 0 Å². The first-order chi connectivity index (χ1) is 7.75. The van der Waals surface area contributed by atoms with Gasteiger partial charge in [0.05, 0.1) is 11.5 Å². The van der Waals surface area contributed by atoms with Gasteiger partial charge in [0.15, 0.2) is 0 Å². The monoisotopic (exact) mass is 220 g/mol. The molecule has 0 atom stereocenters. The van der Waals surface area contributed by atoms with Crippen LogP contribution in [0.2, 0.25) is 0 Å². The molecule has 88 valence electrons. The lowest BCUT2D eigenvalue weighted by molar-refractivity contribution is 0.728. The summed E-state index contributed by atoms with van der Waals surface area (Å²) in [6.07, 6.45) is 6.97. The number of nitrogens with one attached hydrogen (secondary N) is 1. The largest absolute Gasteiger partial charge is 0.370 e. The van der Waals surface area contributed by atoms with Crippen LogP contribution in [-0.2, 0) is 13.6 Å². The highest BCUT2D eigenvalue weighted by atomic mass is 15.3. The molecule has 2 rings (SSSR count). The van der Waals surface area contributed by atoms with Gasteiger partial charge in [0, 0.05) is 38.3 Å². The predicted octanol–water partition coefficient (Wildman–Crippen LogP) is 1.79. The molecule has 0 saturated carbocycles. The topological polar surface area (TPSA) is 42.2 Å². The second-order valence-corrected chi connectivity index (χ2v) is 4.41. The SMILES string of the molecule is Cc1nn(C)cc1CNC1=NCCCCC1.